The standard InChI is InChI=1S/C25H41ClO5S/c1-24-19-32-23(25(24,2)22(29)18-21(24)28)12-6-5-10-20(27)11-9-15-31-17-16-30-14-8-4-3-7-13-26/h23H,3-19H2,1-2H3/t23-,24+,25+/m0/s1. The van der Waals surface area contributed by atoms with Gasteiger partial charge in [-0.15, -0.1) is 11.6 Å². The molecule has 2 aliphatic rings. The molecule has 1 saturated carbocycles. The van der Waals surface area contributed by atoms with E-state index in [1.54, 1.807) is 11.8 Å². The van der Waals surface area contributed by atoms with Crippen molar-refractivity contribution in [3.63, 3.8) is 0 Å². The second-order valence-corrected chi connectivity index (χ2v) is 11.1. The first kappa shape index (κ1) is 27.8. The van der Waals surface area contributed by atoms with Crippen LogP contribution in [0.3, 0.4) is 0 Å². The number of hydrogen-bond donors (Lipinski definition) is 0. The van der Waals surface area contributed by atoms with Crippen molar-refractivity contribution in [1.82, 2.24) is 0 Å². The molecule has 0 spiro atoms. The fourth-order valence-corrected chi connectivity index (χ4v) is 7.06. The van der Waals surface area contributed by atoms with Crippen LogP contribution in [0.2, 0.25) is 0 Å². The predicted octanol–water partition coefficient (Wildman–Crippen LogP) is 5.40. The Morgan fingerprint density at radius 2 is 1.56 bits per heavy atom. The van der Waals surface area contributed by atoms with Gasteiger partial charge in [0, 0.05) is 48.4 Å². The van der Waals surface area contributed by atoms with Crippen molar-refractivity contribution >= 4 is 40.7 Å². The third-order valence-corrected chi connectivity index (χ3v) is 9.46. The van der Waals surface area contributed by atoms with Gasteiger partial charge in [-0.2, -0.15) is 11.8 Å². The third kappa shape index (κ3) is 7.28. The van der Waals surface area contributed by atoms with Crippen LogP contribution in [0.4, 0.5) is 0 Å². The van der Waals surface area contributed by atoms with Crippen LogP contribution in [0, 0.1) is 10.8 Å². The fraction of sp³-hybridized carbons (Fsp3) is 0.880. The van der Waals surface area contributed by atoms with Crippen molar-refractivity contribution in [2.24, 2.45) is 10.8 Å². The highest BCUT2D eigenvalue weighted by Gasteiger charge is 2.66. The van der Waals surface area contributed by atoms with E-state index in [9.17, 15) is 14.4 Å². The van der Waals surface area contributed by atoms with Crippen LogP contribution in [0.5, 0.6) is 0 Å². The zero-order chi connectivity index (χ0) is 23.5. The first-order chi connectivity index (χ1) is 15.4. The Bertz CT molecular complexity index is 627. The maximum absolute atomic E-state index is 12.5. The summed E-state index contributed by atoms with van der Waals surface area (Å²) < 4.78 is 11.1. The largest absolute Gasteiger partial charge is 0.379 e. The Kier molecular flexibility index (Phi) is 12.2. The van der Waals surface area contributed by atoms with Gasteiger partial charge in [0.25, 0.3) is 0 Å². The molecule has 3 atom stereocenters. The van der Waals surface area contributed by atoms with Crippen molar-refractivity contribution in [3.8, 4) is 0 Å². The molecule has 1 aliphatic heterocycles. The highest BCUT2D eigenvalue weighted by atomic mass is 35.5. The van der Waals surface area contributed by atoms with Crippen molar-refractivity contribution in [2.75, 3.05) is 38.1 Å². The number of carbonyl (C=O) groups excluding carboxylic acids is 3. The van der Waals surface area contributed by atoms with Crippen molar-refractivity contribution in [2.45, 2.75) is 89.7 Å². The average Bonchev–Trinajstić information content (AvgIpc) is 3.13. The molecule has 32 heavy (non-hydrogen) atoms. The van der Waals surface area contributed by atoms with E-state index >= 15 is 0 Å². The molecule has 5 nitrogen and oxygen atoms in total. The topological polar surface area (TPSA) is 69.7 Å². The maximum atomic E-state index is 12.5. The minimum Gasteiger partial charge on any atom is -0.379 e. The summed E-state index contributed by atoms with van der Waals surface area (Å²) >= 11 is 7.41. The summed E-state index contributed by atoms with van der Waals surface area (Å²) in [4.78, 5) is 37.0. The second-order valence-electron chi connectivity index (χ2n) is 9.57. The molecule has 0 aromatic carbocycles. The monoisotopic (exact) mass is 488 g/mol. The molecule has 1 heterocycles. The number of unbranched alkanes of at least 4 members (excludes halogenated alkanes) is 4. The van der Waals surface area contributed by atoms with Crippen molar-refractivity contribution in [1.29, 1.82) is 0 Å². The van der Waals surface area contributed by atoms with Gasteiger partial charge < -0.3 is 9.47 Å². The molecule has 0 bridgehead atoms. The van der Waals surface area contributed by atoms with Gasteiger partial charge in [0.05, 0.1) is 25.0 Å². The van der Waals surface area contributed by atoms with E-state index < -0.39 is 10.8 Å². The number of rotatable bonds is 18. The van der Waals surface area contributed by atoms with Gasteiger partial charge in [-0.3, -0.25) is 14.4 Å². The lowest BCUT2D eigenvalue weighted by Crippen LogP contribution is -2.43. The van der Waals surface area contributed by atoms with Crippen molar-refractivity contribution in [3.05, 3.63) is 0 Å². The highest BCUT2D eigenvalue weighted by Crippen LogP contribution is 2.61. The Balaban J connectivity index is 1.45. The molecule has 0 radical (unpaired) electrons. The van der Waals surface area contributed by atoms with Gasteiger partial charge in [0.15, 0.2) is 0 Å². The third-order valence-electron chi connectivity index (χ3n) is 7.34. The highest BCUT2D eigenvalue weighted by molar-refractivity contribution is 8.00. The lowest BCUT2D eigenvalue weighted by atomic mass is 9.66. The molecule has 1 aliphatic carbocycles. The summed E-state index contributed by atoms with van der Waals surface area (Å²) in [5, 5.41) is 0.197. The van der Waals surface area contributed by atoms with E-state index in [0.717, 1.165) is 69.6 Å². The van der Waals surface area contributed by atoms with E-state index in [1.165, 1.54) is 0 Å². The quantitative estimate of drug-likeness (QED) is 0.146. The van der Waals surface area contributed by atoms with Crippen LogP contribution in [0.15, 0.2) is 0 Å². The first-order valence-corrected chi connectivity index (χ1v) is 13.9. The number of ketones is 3. The SMILES string of the molecule is C[C@]12CS[C@@H](CCCCC(=O)CCCOCCOCCCCCCCl)[C@@]1(C)C(=O)CC2=O. The van der Waals surface area contributed by atoms with Crippen molar-refractivity contribution < 1.29 is 23.9 Å². The molecular weight excluding hydrogens is 448 g/mol. The molecule has 0 amide bonds. The van der Waals surface area contributed by atoms with Crippen LogP contribution >= 0.6 is 23.4 Å². The first-order valence-electron chi connectivity index (χ1n) is 12.3. The number of thioether (sulfide) groups is 1. The average molecular weight is 489 g/mol. The fourth-order valence-electron chi connectivity index (χ4n) is 4.82. The van der Waals surface area contributed by atoms with Gasteiger partial charge in [0.2, 0.25) is 0 Å². The van der Waals surface area contributed by atoms with Crippen LogP contribution in [-0.2, 0) is 23.9 Å². The lowest BCUT2D eigenvalue weighted by molar-refractivity contribution is -0.129. The number of Topliss-reactive ketones (excluding diaryl/α,β-unsaturated/α-hetero) is 3. The Morgan fingerprint density at radius 1 is 0.906 bits per heavy atom. The number of alkyl halides is 1. The summed E-state index contributed by atoms with van der Waals surface area (Å²) in [6.07, 6.45) is 9.15. The minimum atomic E-state index is -0.524. The van der Waals surface area contributed by atoms with E-state index in [4.69, 9.17) is 21.1 Å². The molecule has 2 fully saturated rings. The summed E-state index contributed by atoms with van der Waals surface area (Å²) in [5.41, 5.74) is -1.02. The van der Waals surface area contributed by atoms with Crippen LogP contribution < -0.4 is 0 Å². The van der Waals surface area contributed by atoms with E-state index in [2.05, 4.69) is 0 Å². The molecule has 0 N–H and O–H groups in total. The van der Waals surface area contributed by atoms with Gasteiger partial charge in [0.1, 0.15) is 17.3 Å². The van der Waals surface area contributed by atoms with Gasteiger partial charge in [-0.25, -0.2) is 0 Å². The van der Waals surface area contributed by atoms with E-state index in [0.29, 0.717) is 32.7 Å². The molecule has 0 aromatic rings. The summed E-state index contributed by atoms with van der Waals surface area (Å²) in [5.74, 6) is 1.99. The summed E-state index contributed by atoms with van der Waals surface area (Å²) in [6, 6.07) is 0. The van der Waals surface area contributed by atoms with Gasteiger partial charge in [-0.1, -0.05) is 33.1 Å². The number of ether oxygens (including phenoxy) is 2. The van der Waals surface area contributed by atoms with Gasteiger partial charge >= 0.3 is 0 Å². The molecule has 7 heteroatoms. The molecular formula is C25H41ClO5S. The number of fused-ring (bicyclic) bond motifs is 1. The van der Waals surface area contributed by atoms with Crippen LogP contribution in [0.25, 0.3) is 0 Å². The summed E-state index contributed by atoms with van der Waals surface area (Å²) in [6.45, 7) is 6.51. The minimum absolute atomic E-state index is 0.103. The zero-order valence-corrected chi connectivity index (χ0v) is 21.5. The number of carbonyl (C=O) groups is 3. The van der Waals surface area contributed by atoms with E-state index in [1.807, 2.05) is 13.8 Å². The Labute approximate surface area is 203 Å². The zero-order valence-electron chi connectivity index (χ0n) is 19.9. The second kappa shape index (κ2) is 14.1. The molecule has 184 valence electrons. The summed E-state index contributed by atoms with van der Waals surface area (Å²) in [7, 11) is 0. The number of halogens is 1. The van der Waals surface area contributed by atoms with Crippen LogP contribution in [-0.4, -0.2) is 60.7 Å². The smallest absolute Gasteiger partial charge is 0.148 e. The molecule has 1 saturated heterocycles. The van der Waals surface area contributed by atoms with Crippen LogP contribution in [0.1, 0.15) is 84.5 Å². The Hall–Kier alpha value is -0.430. The molecule has 0 aromatic heterocycles. The molecule has 0 unspecified atom stereocenters. The molecule has 2 rings (SSSR count). The van der Waals surface area contributed by atoms with Gasteiger partial charge in [-0.05, 0) is 32.1 Å². The normalized spacial score (nSPS) is 27.3. The maximum Gasteiger partial charge on any atom is 0.148 e. The Morgan fingerprint density at radius 3 is 2.28 bits per heavy atom. The predicted molar refractivity (Wildman–Crippen MR) is 131 cm³/mol. The number of hydrogen-bond acceptors (Lipinski definition) is 6. The van der Waals surface area contributed by atoms with E-state index in [-0.39, 0.29) is 29.0 Å². The lowest BCUT2D eigenvalue weighted by Gasteiger charge is -2.34.